The fraction of sp³-hybridized carbons (Fsp3) is 0.895. The molecule has 0 amide bonds. The van der Waals surface area contributed by atoms with Gasteiger partial charge in [-0.3, -0.25) is 9.59 Å². The van der Waals surface area contributed by atoms with Crippen LogP contribution in [0.5, 0.6) is 0 Å². The van der Waals surface area contributed by atoms with Crippen molar-refractivity contribution in [2.75, 3.05) is 13.2 Å². The van der Waals surface area contributed by atoms with Gasteiger partial charge < -0.3 is 49.6 Å². The van der Waals surface area contributed by atoms with E-state index in [-0.39, 0.29) is 65.4 Å². The first-order valence-corrected chi connectivity index (χ1v) is 18.9. The SMILES string of the molecule is C[C@H](CCC(=O)[C@@H](C)[C@H]1C(=O)C[C@H]2[C@@H]3CC=C4C[C@@H](O[C@@H]5O[C@@H](C)[C@H](O)[C@@H](O)[C@H]5O)CC[C@]4(C)[C@H]3CC[C@]12C)CO[C@@H]1OC[C@@H](O)[C@H](O)[C@H]1O. The second kappa shape index (κ2) is 14.8. The molecule has 0 radical (unpaired) electrons. The summed E-state index contributed by atoms with van der Waals surface area (Å²) in [6.07, 6.45) is -1.53. The predicted octanol–water partition coefficient (Wildman–Crippen LogP) is 2.03. The maximum Gasteiger partial charge on any atom is 0.186 e. The van der Waals surface area contributed by atoms with Crippen LogP contribution in [-0.2, 0) is 28.5 Å². The highest BCUT2D eigenvalue weighted by Gasteiger charge is 2.62. The van der Waals surface area contributed by atoms with Crippen LogP contribution in [0.1, 0.15) is 92.4 Å². The van der Waals surface area contributed by atoms with Crippen molar-refractivity contribution >= 4 is 11.6 Å². The minimum absolute atomic E-state index is 0.0169. The maximum atomic E-state index is 13.8. The van der Waals surface area contributed by atoms with Crippen molar-refractivity contribution in [3.63, 3.8) is 0 Å². The average molecular weight is 709 g/mol. The van der Waals surface area contributed by atoms with Crippen molar-refractivity contribution in [2.24, 2.45) is 46.3 Å². The molecule has 284 valence electrons. The molecule has 0 aromatic heterocycles. The van der Waals surface area contributed by atoms with Gasteiger partial charge in [0, 0.05) is 24.7 Å². The molecule has 0 bridgehead atoms. The lowest BCUT2D eigenvalue weighted by atomic mass is 9.47. The Balaban J connectivity index is 1.04. The molecule has 18 atom stereocenters. The van der Waals surface area contributed by atoms with Crippen LogP contribution in [-0.4, -0.2) is 117 Å². The van der Waals surface area contributed by atoms with Crippen LogP contribution in [0.3, 0.4) is 0 Å². The Labute approximate surface area is 295 Å². The zero-order valence-corrected chi connectivity index (χ0v) is 30.2. The van der Waals surface area contributed by atoms with E-state index >= 15 is 0 Å². The maximum absolute atomic E-state index is 13.8. The summed E-state index contributed by atoms with van der Waals surface area (Å²) in [4.78, 5) is 27.4. The molecule has 3 saturated carbocycles. The van der Waals surface area contributed by atoms with Gasteiger partial charge in [-0.25, -0.2) is 0 Å². The fourth-order valence-electron chi connectivity index (χ4n) is 10.8. The van der Waals surface area contributed by atoms with Crippen LogP contribution in [0.2, 0.25) is 0 Å². The van der Waals surface area contributed by atoms with E-state index in [0.29, 0.717) is 31.1 Å². The molecule has 0 aromatic carbocycles. The van der Waals surface area contributed by atoms with Crippen molar-refractivity contribution in [3.8, 4) is 0 Å². The van der Waals surface area contributed by atoms with Crippen molar-refractivity contribution < 1.29 is 59.2 Å². The third-order valence-corrected chi connectivity index (χ3v) is 14.0. The Morgan fingerprint density at radius 2 is 1.66 bits per heavy atom. The summed E-state index contributed by atoms with van der Waals surface area (Å²) in [6.45, 7) is 10.2. The highest BCUT2D eigenvalue weighted by molar-refractivity contribution is 5.92. The Bertz CT molecular complexity index is 1270. The number of ketones is 2. The molecule has 50 heavy (non-hydrogen) atoms. The van der Waals surface area contributed by atoms with E-state index in [0.717, 1.165) is 38.5 Å². The largest absolute Gasteiger partial charge is 0.388 e. The highest BCUT2D eigenvalue weighted by atomic mass is 16.7. The minimum Gasteiger partial charge on any atom is -0.388 e. The Morgan fingerprint density at radius 3 is 2.40 bits per heavy atom. The number of Topliss-reactive ketones (excluding diaryl/α,β-unsaturated/α-hetero) is 2. The van der Waals surface area contributed by atoms with Crippen molar-refractivity contribution in [1.29, 1.82) is 0 Å². The van der Waals surface area contributed by atoms with Gasteiger partial charge in [0.15, 0.2) is 12.6 Å². The number of carbonyl (C=O) groups is 2. The smallest absolute Gasteiger partial charge is 0.186 e. The topological polar surface area (TPSA) is 192 Å². The van der Waals surface area contributed by atoms with Gasteiger partial charge >= 0.3 is 0 Å². The van der Waals surface area contributed by atoms with Crippen molar-refractivity contribution in [2.45, 2.75) is 154 Å². The van der Waals surface area contributed by atoms with Gasteiger partial charge in [0.1, 0.15) is 48.2 Å². The number of rotatable bonds is 10. The van der Waals surface area contributed by atoms with E-state index in [9.17, 15) is 40.2 Å². The summed E-state index contributed by atoms with van der Waals surface area (Å²) < 4.78 is 22.9. The van der Waals surface area contributed by atoms with Gasteiger partial charge in [-0.15, -0.1) is 0 Å². The molecule has 4 aliphatic carbocycles. The molecule has 12 nitrogen and oxygen atoms in total. The van der Waals surface area contributed by atoms with Gasteiger partial charge in [0.25, 0.3) is 0 Å². The zero-order chi connectivity index (χ0) is 36.3. The molecular weight excluding hydrogens is 648 g/mol. The highest BCUT2D eigenvalue weighted by Crippen LogP contribution is 2.66. The lowest BCUT2D eigenvalue weighted by molar-refractivity contribution is -0.305. The molecule has 0 spiro atoms. The van der Waals surface area contributed by atoms with E-state index in [1.807, 2.05) is 13.8 Å². The first-order valence-electron chi connectivity index (χ1n) is 18.9. The van der Waals surface area contributed by atoms with E-state index in [2.05, 4.69) is 19.9 Å². The molecule has 0 unspecified atom stereocenters. The molecule has 6 rings (SSSR count). The molecule has 2 heterocycles. The normalized spacial score (nSPS) is 48.9. The third kappa shape index (κ3) is 6.92. The Kier molecular flexibility index (Phi) is 11.4. The number of allylic oxidation sites excluding steroid dienone is 1. The van der Waals surface area contributed by atoms with Crippen LogP contribution in [0.4, 0.5) is 0 Å². The Morgan fingerprint density at radius 1 is 0.940 bits per heavy atom. The summed E-state index contributed by atoms with van der Waals surface area (Å²) in [6, 6.07) is 0. The number of ether oxygens (including phenoxy) is 4. The van der Waals surface area contributed by atoms with Crippen molar-refractivity contribution in [3.05, 3.63) is 11.6 Å². The molecule has 2 saturated heterocycles. The predicted molar refractivity (Wildman–Crippen MR) is 179 cm³/mol. The molecule has 6 aliphatic rings. The number of fused-ring (bicyclic) bond motifs is 5. The number of aliphatic hydroxyl groups is 6. The van der Waals surface area contributed by atoms with Crippen LogP contribution in [0, 0.1) is 46.3 Å². The molecular formula is C38H60O12. The van der Waals surface area contributed by atoms with Gasteiger partial charge in [0.2, 0.25) is 0 Å². The number of aliphatic hydroxyl groups excluding tert-OH is 6. The van der Waals surface area contributed by atoms with Crippen LogP contribution >= 0.6 is 0 Å². The first kappa shape index (κ1) is 38.4. The second-order valence-corrected chi connectivity index (χ2v) is 17.1. The van der Waals surface area contributed by atoms with E-state index in [4.69, 9.17) is 18.9 Å². The zero-order valence-electron chi connectivity index (χ0n) is 30.2. The van der Waals surface area contributed by atoms with Crippen molar-refractivity contribution in [1.82, 2.24) is 0 Å². The van der Waals surface area contributed by atoms with E-state index in [1.54, 1.807) is 6.92 Å². The summed E-state index contributed by atoms with van der Waals surface area (Å²) >= 11 is 0. The lowest BCUT2D eigenvalue weighted by Crippen LogP contribution is -2.58. The van der Waals surface area contributed by atoms with Gasteiger partial charge in [0.05, 0.1) is 25.4 Å². The summed E-state index contributed by atoms with van der Waals surface area (Å²) in [5.74, 6) is 0.635. The summed E-state index contributed by atoms with van der Waals surface area (Å²) in [5, 5.41) is 60.5. The lowest BCUT2D eigenvalue weighted by Gasteiger charge is -2.58. The summed E-state index contributed by atoms with van der Waals surface area (Å²) in [7, 11) is 0. The van der Waals surface area contributed by atoms with E-state index in [1.165, 1.54) is 5.57 Å². The monoisotopic (exact) mass is 708 g/mol. The molecule has 2 aliphatic heterocycles. The second-order valence-electron chi connectivity index (χ2n) is 17.1. The Hall–Kier alpha value is -1.32. The first-order chi connectivity index (χ1) is 23.6. The standard InChI is InChI=1S/C38H60O12/c1-18(16-47-35-33(45)31(43)28(41)17-48-35)6-9-26(39)19(2)29-27(40)15-25-23-8-7-21-14-22(50-36-34(46)32(44)30(42)20(3)49-36)10-12-37(21,4)24(23)11-13-38(25,29)5/h7,18-20,22-25,28-36,41-46H,6,8-17H2,1-5H3/t18-,19-,20+,22+,23-,24+,25+,28-,29+,30+,31+,32-,33-,34-,35-,36+,37+,38+/m1/s1. The molecule has 0 aromatic rings. The van der Waals surface area contributed by atoms with E-state index < -0.39 is 55.3 Å². The van der Waals surface area contributed by atoms with Crippen LogP contribution in [0.15, 0.2) is 11.6 Å². The van der Waals surface area contributed by atoms with Crippen LogP contribution < -0.4 is 0 Å². The molecule has 5 fully saturated rings. The number of carbonyl (C=O) groups excluding carboxylic acids is 2. The van der Waals surface area contributed by atoms with Gasteiger partial charge in [-0.2, -0.15) is 0 Å². The van der Waals surface area contributed by atoms with Gasteiger partial charge in [-0.1, -0.05) is 39.3 Å². The number of hydrogen-bond donors (Lipinski definition) is 6. The third-order valence-electron chi connectivity index (χ3n) is 14.0. The average Bonchev–Trinajstić information content (AvgIpc) is 3.36. The quantitative estimate of drug-likeness (QED) is 0.181. The number of hydrogen-bond acceptors (Lipinski definition) is 12. The fourth-order valence-corrected chi connectivity index (χ4v) is 10.8. The molecule has 12 heteroatoms. The molecule has 6 N–H and O–H groups in total. The van der Waals surface area contributed by atoms with Crippen LogP contribution in [0.25, 0.3) is 0 Å². The van der Waals surface area contributed by atoms with Gasteiger partial charge in [-0.05, 0) is 86.4 Å². The minimum atomic E-state index is -1.35. The summed E-state index contributed by atoms with van der Waals surface area (Å²) in [5.41, 5.74) is 1.11.